The first-order chi connectivity index (χ1) is 42.0. The van der Waals surface area contributed by atoms with E-state index in [-0.39, 0.29) is 12.2 Å². The number of hydrogen-bond acceptors (Lipinski definition) is 13. The molecule has 0 saturated heterocycles. The van der Waals surface area contributed by atoms with E-state index >= 15 is 0 Å². The topological polar surface area (TPSA) is 195 Å². The van der Waals surface area contributed by atoms with Crippen LogP contribution in [0.25, 0.3) is 67.9 Å². The van der Waals surface area contributed by atoms with Crippen molar-refractivity contribution in [3.05, 3.63) is 150 Å². The minimum Gasteiger partial charge on any atom is -0.393 e. The molecule has 0 amide bonds. The number of aliphatic hydroxyl groups is 2. The van der Waals surface area contributed by atoms with Gasteiger partial charge >= 0.3 is 0 Å². The predicted octanol–water partition coefficient (Wildman–Crippen LogP) is 14.0. The van der Waals surface area contributed by atoms with E-state index in [2.05, 4.69) is 92.8 Å². The zero-order valence-corrected chi connectivity index (χ0v) is 49.3. The molecule has 5 fully saturated rings. The van der Waals surface area contributed by atoms with Crippen molar-refractivity contribution in [3.8, 4) is 67.9 Å². The normalized spacial score (nSPS) is 25.2. The number of rotatable bonds is 10. The second-order valence-corrected chi connectivity index (χ2v) is 25.6. The van der Waals surface area contributed by atoms with Crippen molar-refractivity contribution in [2.75, 3.05) is 10.6 Å². The van der Waals surface area contributed by atoms with E-state index in [0.29, 0.717) is 48.0 Å². The maximum absolute atomic E-state index is 13.7. The van der Waals surface area contributed by atoms with Gasteiger partial charge in [-0.1, -0.05) is 18.2 Å². The summed E-state index contributed by atoms with van der Waals surface area (Å²) in [6.07, 6.45) is 23.3. The molecule has 17 rings (SSSR count). The monoisotopic (exact) mass is 1150 g/mol. The molecule has 6 unspecified atom stereocenters. The maximum atomic E-state index is 13.7. The summed E-state index contributed by atoms with van der Waals surface area (Å²) in [4.78, 5) is 42.4. The average molecular weight is 1150 g/mol. The molecule has 17 heteroatoms. The third-order valence-corrected chi connectivity index (χ3v) is 19.8. The summed E-state index contributed by atoms with van der Waals surface area (Å²) < 4.78 is 21.0. The van der Waals surface area contributed by atoms with Gasteiger partial charge in [-0.15, -0.1) is 0 Å². The first kappa shape index (κ1) is 54.6. The van der Waals surface area contributed by atoms with Gasteiger partial charge in [-0.25, -0.2) is 29.9 Å². The number of hydrogen-bond donors (Lipinski definition) is 4. The lowest BCUT2D eigenvalue weighted by Crippen LogP contribution is -2.28. The lowest BCUT2D eigenvalue weighted by atomic mass is 9.93. The lowest BCUT2D eigenvalue weighted by molar-refractivity contribution is 0.125. The number of nitrogens with zero attached hydrogens (tertiary/aromatic N) is 12. The molecule has 86 heavy (non-hydrogen) atoms. The largest absolute Gasteiger partial charge is 0.393 e. The quantitative estimate of drug-likeness (QED) is 0.0946. The predicted molar refractivity (Wildman–Crippen MR) is 331 cm³/mol. The van der Waals surface area contributed by atoms with Gasteiger partial charge in [-0.05, 0) is 197 Å². The molecule has 6 bridgehead atoms. The highest BCUT2D eigenvalue weighted by atomic mass is 19.1. The van der Waals surface area contributed by atoms with Crippen molar-refractivity contribution >= 4 is 11.6 Å². The van der Waals surface area contributed by atoms with Gasteiger partial charge in [0.15, 0.2) is 0 Å². The summed E-state index contributed by atoms with van der Waals surface area (Å²) in [7, 11) is 0. The Labute approximate surface area is 501 Å². The summed E-state index contributed by atoms with van der Waals surface area (Å²) in [6.45, 7) is 6.04. The standard InChI is InChI=1S/2C25H29N5O.C19H17FN4/c2*1-15-3-2-4-21(27-15)23-24(30-19-8-5-17(13-19)25(30)29-23)16-11-12-26-22(14-16)28-18-6-9-20(31)10-7-18;1-11-3-2-4-15(22-11)17-18(12-7-8-21-16(20)10-12)24-14-6-5-13(9-14)19(24)23-17/h2*2-4,11-12,14,17-20,31H,5-10,13H2,1H3,(H,26,28);2-4,7-8,10,13-14H,5-6,9H2,1H3. The first-order valence-corrected chi connectivity index (χ1v) is 31.6. The SMILES string of the molecule is Cc1cccc(-c2nc3n(c2-c2ccnc(F)c2)C2CCC3C2)n1.Cc1cccc(-c2nc3n(c2-c2ccnc(NC4CCC(O)CC4)c2)C2CCC3C2)n1.Cc1cccc(-c2nc3n(c2-c2ccnc(NC4CCC(O)CC4)c2)C2CCC3C2)n1. The highest BCUT2D eigenvalue weighted by Gasteiger charge is 2.44. The van der Waals surface area contributed by atoms with Crippen molar-refractivity contribution in [1.82, 2.24) is 58.6 Å². The molecule has 0 aromatic carbocycles. The molecule has 12 heterocycles. The zero-order valence-electron chi connectivity index (χ0n) is 49.3. The van der Waals surface area contributed by atoms with Crippen LogP contribution in [-0.4, -0.2) is 93.1 Å². The van der Waals surface area contributed by atoms with E-state index in [1.165, 1.54) is 86.7 Å². The lowest BCUT2D eigenvalue weighted by Gasteiger charge is -2.26. The van der Waals surface area contributed by atoms with Crippen molar-refractivity contribution < 1.29 is 14.6 Å². The van der Waals surface area contributed by atoms with Gasteiger partial charge in [0.1, 0.15) is 46.2 Å². The summed E-state index contributed by atoms with van der Waals surface area (Å²) in [5.41, 5.74) is 15.0. The molecule has 8 aliphatic rings. The molecule has 4 N–H and O–H groups in total. The van der Waals surface area contributed by atoms with Crippen molar-refractivity contribution in [2.24, 2.45) is 0 Å². The molecular formula is C69H75FN14O2. The summed E-state index contributed by atoms with van der Waals surface area (Å²) >= 11 is 0. The molecule has 0 radical (unpaired) electrons. The van der Waals surface area contributed by atoms with Crippen LogP contribution in [-0.2, 0) is 0 Å². The minimum absolute atomic E-state index is 0.147. The van der Waals surface area contributed by atoms with E-state index in [0.717, 1.165) is 149 Å². The Morgan fingerprint density at radius 1 is 0.407 bits per heavy atom. The van der Waals surface area contributed by atoms with Gasteiger partial charge in [0.25, 0.3) is 0 Å². The Morgan fingerprint density at radius 3 is 1.10 bits per heavy atom. The summed E-state index contributed by atoms with van der Waals surface area (Å²) in [5, 5.41) is 26.8. The van der Waals surface area contributed by atoms with Gasteiger partial charge < -0.3 is 34.5 Å². The van der Waals surface area contributed by atoms with Gasteiger partial charge in [0.2, 0.25) is 5.95 Å². The Balaban J connectivity index is 0.000000110. The zero-order chi connectivity index (χ0) is 58.2. The van der Waals surface area contributed by atoms with Crippen LogP contribution >= 0.6 is 0 Å². The maximum Gasteiger partial charge on any atom is 0.213 e. The van der Waals surface area contributed by atoms with Gasteiger partial charge in [0, 0.05) is 106 Å². The van der Waals surface area contributed by atoms with Crippen LogP contribution in [0.1, 0.15) is 180 Å². The highest BCUT2D eigenvalue weighted by molar-refractivity contribution is 5.81. The molecular weight excluding hydrogens is 1080 g/mol. The Morgan fingerprint density at radius 2 is 0.756 bits per heavy atom. The smallest absolute Gasteiger partial charge is 0.213 e. The number of fused-ring (bicyclic) bond motifs is 15. The molecule has 0 spiro atoms. The van der Waals surface area contributed by atoms with E-state index in [4.69, 9.17) is 24.9 Å². The van der Waals surface area contributed by atoms with Crippen LogP contribution in [0.3, 0.4) is 0 Å². The Kier molecular flexibility index (Phi) is 14.4. The molecule has 3 aliphatic heterocycles. The third kappa shape index (κ3) is 10.4. The number of imidazole rings is 3. The number of pyridine rings is 6. The van der Waals surface area contributed by atoms with E-state index in [1.807, 2.05) is 69.6 Å². The molecule has 16 nitrogen and oxygen atoms in total. The molecule has 5 aliphatic carbocycles. The van der Waals surface area contributed by atoms with Crippen LogP contribution in [0.2, 0.25) is 0 Å². The van der Waals surface area contributed by atoms with Crippen LogP contribution in [0.4, 0.5) is 16.0 Å². The second kappa shape index (κ2) is 22.7. The van der Waals surface area contributed by atoms with Crippen LogP contribution in [0.5, 0.6) is 0 Å². The number of anilines is 2. The van der Waals surface area contributed by atoms with E-state index in [9.17, 15) is 14.6 Å². The van der Waals surface area contributed by atoms with Gasteiger partial charge in [0.05, 0.1) is 46.4 Å². The molecule has 9 aromatic rings. The van der Waals surface area contributed by atoms with E-state index < -0.39 is 5.95 Å². The van der Waals surface area contributed by atoms with Crippen LogP contribution in [0, 0.1) is 26.7 Å². The highest BCUT2D eigenvalue weighted by Crippen LogP contribution is 2.55. The molecule has 9 aromatic heterocycles. The number of aryl methyl sites for hydroxylation is 3. The average Bonchev–Trinajstić information content (AvgIpc) is 2.00. The van der Waals surface area contributed by atoms with Crippen LogP contribution < -0.4 is 10.6 Å². The fourth-order valence-electron chi connectivity index (χ4n) is 15.7. The van der Waals surface area contributed by atoms with Crippen molar-refractivity contribution in [3.63, 3.8) is 0 Å². The Hall–Kier alpha value is -8.02. The number of aromatic nitrogens is 12. The summed E-state index contributed by atoms with van der Waals surface area (Å²) in [5.74, 6) is 6.63. The first-order valence-electron chi connectivity index (χ1n) is 31.6. The molecule has 6 atom stereocenters. The molecule has 440 valence electrons. The second-order valence-electron chi connectivity index (χ2n) is 25.6. The third-order valence-electron chi connectivity index (χ3n) is 19.8. The van der Waals surface area contributed by atoms with Gasteiger partial charge in [-0.2, -0.15) is 4.39 Å². The number of halogens is 1. The molecule has 5 saturated carbocycles. The fourth-order valence-corrected chi connectivity index (χ4v) is 15.7. The van der Waals surface area contributed by atoms with Crippen LogP contribution in [0.15, 0.2) is 110 Å². The number of aliphatic hydroxyl groups excluding tert-OH is 2. The minimum atomic E-state index is -0.464. The van der Waals surface area contributed by atoms with E-state index in [1.54, 1.807) is 0 Å². The van der Waals surface area contributed by atoms with Crippen molar-refractivity contribution in [2.45, 2.75) is 190 Å². The summed E-state index contributed by atoms with van der Waals surface area (Å²) in [6, 6.07) is 32.5. The number of nitrogens with one attached hydrogen (secondary N) is 2. The van der Waals surface area contributed by atoms with Crippen molar-refractivity contribution in [1.29, 1.82) is 0 Å². The Bertz CT molecular complexity index is 3810. The fraction of sp³-hybridized carbons (Fsp3) is 0.435. The van der Waals surface area contributed by atoms with Gasteiger partial charge in [-0.3, -0.25) is 15.0 Å².